The van der Waals surface area contributed by atoms with Crippen molar-refractivity contribution in [1.82, 2.24) is 4.90 Å². The highest BCUT2D eigenvalue weighted by Gasteiger charge is 2.33. The molecule has 2 atom stereocenters. The lowest BCUT2D eigenvalue weighted by Gasteiger charge is -2.43. The molecule has 0 aromatic heterocycles. The number of hydrogen-bond acceptors (Lipinski definition) is 4. The highest BCUT2D eigenvalue weighted by Crippen LogP contribution is 2.35. The van der Waals surface area contributed by atoms with Crippen LogP contribution in [0.15, 0.2) is 18.2 Å². The monoisotopic (exact) mass is 331 g/mol. The third kappa shape index (κ3) is 3.75. The number of nitro groups is 1. The Bertz CT molecular complexity index is 630. The van der Waals surface area contributed by atoms with E-state index in [1.807, 2.05) is 6.92 Å². The number of nitrogens with one attached hydrogen (secondary N) is 1. The minimum atomic E-state index is -0.438. The number of nitrogens with zero attached hydrogens (tertiary/aromatic N) is 2. The maximum Gasteiger partial charge on any atom is 0.271 e. The largest absolute Gasteiger partial charge is 0.324 e. The van der Waals surface area contributed by atoms with E-state index in [9.17, 15) is 14.9 Å². The van der Waals surface area contributed by atoms with Crippen LogP contribution in [-0.2, 0) is 4.79 Å². The number of fused-ring (bicyclic) bond motifs is 1. The second kappa shape index (κ2) is 7.30. The fourth-order valence-electron chi connectivity index (χ4n) is 4.16. The van der Waals surface area contributed by atoms with Crippen LogP contribution >= 0.6 is 0 Å². The van der Waals surface area contributed by atoms with Crippen molar-refractivity contribution < 1.29 is 9.72 Å². The molecule has 1 aromatic carbocycles. The van der Waals surface area contributed by atoms with Crippen molar-refractivity contribution in [1.29, 1.82) is 0 Å². The summed E-state index contributed by atoms with van der Waals surface area (Å²) in [6.07, 6.45) is 7.48. The molecule has 0 spiro atoms. The van der Waals surface area contributed by atoms with Gasteiger partial charge in [-0.15, -0.1) is 0 Å². The second-order valence-electron chi connectivity index (χ2n) is 7.03. The van der Waals surface area contributed by atoms with Crippen molar-refractivity contribution in [3.05, 3.63) is 33.9 Å². The van der Waals surface area contributed by atoms with Crippen LogP contribution in [0.4, 0.5) is 11.4 Å². The molecule has 0 radical (unpaired) electrons. The summed E-state index contributed by atoms with van der Waals surface area (Å²) in [5.41, 5.74) is 1.37. The van der Waals surface area contributed by atoms with E-state index in [1.165, 1.54) is 44.2 Å². The lowest BCUT2D eigenvalue weighted by molar-refractivity contribution is -0.384. The van der Waals surface area contributed by atoms with Crippen LogP contribution in [0.5, 0.6) is 0 Å². The van der Waals surface area contributed by atoms with Crippen molar-refractivity contribution in [2.24, 2.45) is 5.92 Å². The number of non-ortho nitro benzene ring substituents is 1. The zero-order valence-corrected chi connectivity index (χ0v) is 14.2. The maximum absolute atomic E-state index is 12.5. The Morgan fingerprint density at radius 1 is 1.29 bits per heavy atom. The summed E-state index contributed by atoms with van der Waals surface area (Å²) in [6.45, 7) is 3.20. The Balaban J connectivity index is 1.65. The maximum atomic E-state index is 12.5. The van der Waals surface area contributed by atoms with Gasteiger partial charge in [0.25, 0.3) is 5.69 Å². The van der Waals surface area contributed by atoms with Gasteiger partial charge in [-0.3, -0.25) is 19.8 Å². The molecule has 0 bridgehead atoms. The Morgan fingerprint density at radius 3 is 2.83 bits per heavy atom. The van der Waals surface area contributed by atoms with Crippen LogP contribution in [0.25, 0.3) is 0 Å². The van der Waals surface area contributed by atoms with E-state index in [0.717, 1.165) is 24.4 Å². The molecule has 3 rings (SSSR count). The normalized spacial score (nSPS) is 24.2. The van der Waals surface area contributed by atoms with Gasteiger partial charge in [0.05, 0.1) is 17.2 Å². The first kappa shape index (κ1) is 16.9. The van der Waals surface area contributed by atoms with Gasteiger partial charge in [-0.2, -0.15) is 0 Å². The fourth-order valence-corrected chi connectivity index (χ4v) is 4.16. The van der Waals surface area contributed by atoms with Crippen molar-refractivity contribution >= 4 is 17.3 Å². The predicted octanol–water partition coefficient (Wildman–Crippen LogP) is 3.50. The van der Waals surface area contributed by atoms with Crippen molar-refractivity contribution in [3.63, 3.8) is 0 Å². The molecule has 1 amide bonds. The number of aryl methyl sites for hydroxylation is 1. The lowest BCUT2D eigenvalue weighted by Crippen LogP contribution is -2.49. The number of amides is 1. The summed E-state index contributed by atoms with van der Waals surface area (Å²) in [7, 11) is 0. The molecule has 1 aromatic rings. The molecule has 1 heterocycles. The first-order valence-electron chi connectivity index (χ1n) is 8.83. The molecular weight excluding hydrogens is 306 g/mol. The first-order chi connectivity index (χ1) is 11.5. The van der Waals surface area contributed by atoms with E-state index in [1.54, 1.807) is 6.07 Å². The number of nitro benzene ring substituents is 1. The predicted molar refractivity (Wildman–Crippen MR) is 93.0 cm³/mol. The summed E-state index contributed by atoms with van der Waals surface area (Å²) in [6, 6.07) is 5.10. The Morgan fingerprint density at radius 2 is 2.04 bits per heavy atom. The van der Waals surface area contributed by atoms with Gasteiger partial charge in [0.2, 0.25) is 5.91 Å². The van der Waals surface area contributed by atoms with Crippen LogP contribution in [0.3, 0.4) is 0 Å². The van der Waals surface area contributed by atoms with Crippen LogP contribution in [0.1, 0.15) is 44.1 Å². The molecule has 2 aliphatic rings. The van der Waals surface area contributed by atoms with Gasteiger partial charge in [0.15, 0.2) is 0 Å². The van der Waals surface area contributed by atoms with E-state index in [4.69, 9.17) is 0 Å². The summed E-state index contributed by atoms with van der Waals surface area (Å²) in [5.74, 6) is 0.657. The molecule has 1 N–H and O–H groups in total. The lowest BCUT2D eigenvalue weighted by atomic mass is 9.78. The number of carbonyl (C=O) groups excluding carboxylic acids is 1. The van der Waals surface area contributed by atoms with Crippen LogP contribution in [0.2, 0.25) is 0 Å². The van der Waals surface area contributed by atoms with E-state index in [2.05, 4.69) is 10.2 Å². The van der Waals surface area contributed by atoms with Gasteiger partial charge in [-0.25, -0.2) is 0 Å². The number of carbonyl (C=O) groups is 1. The van der Waals surface area contributed by atoms with Crippen LogP contribution < -0.4 is 5.32 Å². The molecular formula is C18H25N3O3. The van der Waals surface area contributed by atoms with E-state index >= 15 is 0 Å². The number of anilines is 1. The quantitative estimate of drug-likeness (QED) is 0.677. The summed E-state index contributed by atoms with van der Waals surface area (Å²) >= 11 is 0. The summed E-state index contributed by atoms with van der Waals surface area (Å²) in [5, 5.41) is 13.8. The standard InChI is InChI=1S/C18H25N3O3/c1-13-8-9-15(21(23)24)11-16(13)19-18(22)12-20-10-4-6-14-5-2-3-7-17(14)20/h8-9,11,14,17H,2-7,10,12H2,1H3,(H,19,22)/t14-,17-/m0/s1. The van der Waals surface area contributed by atoms with Gasteiger partial charge in [0, 0.05) is 18.2 Å². The van der Waals surface area contributed by atoms with E-state index in [-0.39, 0.29) is 11.6 Å². The number of hydrogen-bond donors (Lipinski definition) is 1. The minimum absolute atomic E-state index is 0.00113. The van der Waals surface area contributed by atoms with Gasteiger partial charge in [0.1, 0.15) is 0 Å². The van der Waals surface area contributed by atoms with Crippen LogP contribution in [0, 0.1) is 23.0 Å². The SMILES string of the molecule is Cc1ccc([N+](=O)[O-])cc1NC(=O)CN1CCC[C@@H]2CCCC[C@@H]21. The molecule has 1 saturated heterocycles. The van der Waals surface area contributed by atoms with E-state index < -0.39 is 4.92 Å². The number of piperidine rings is 1. The molecule has 1 aliphatic heterocycles. The zero-order chi connectivity index (χ0) is 17.1. The Labute approximate surface area is 142 Å². The topological polar surface area (TPSA) is 75.5 Å². The van der Waals surface area contributed by atoms with Gasteiger partial charge < -0.3 is 5.32 Å². The molecule has 1 aliphatic carbocycles. The number of likely N-dealkylation sites (tertiary alicyclic amines) is 1. The Hall–Kier alpha value is -1.95. The summed E-state index contributed by atoms with van der Waals surface area (Å²) in [4.78, 5) is 25.3. The second-order valence-corrected chi connectivity index (χ2v) is 7.03. The molecule has 6 nitrogen and oxygen atoms in total. The average molecular weight is 331 g/mol. The molecule has 130 valence electrons. The van der Waals surface area contributed by atoms with Gasteiger partial charge >= 0.3 is 0 Å². The molecule has 24 heavy (non-hydrogen) atoms. The molecule has 6 heteroatoms. The number of benzene rings is 1. The Kier molecular flexibility index (Phi) is 5.14. The van der Waals surface area contributed by atoms with E-state index in [0.29, 0.717) is 18.3 Å². The highest BCUT2D eigenvalue weighted by molar-refractivity contribution is 5.93. The number of rotatable bonds is 4. The molecule has 0 unspecified atom stereocenters. The third-order valence-electron chi connectivity index (χ3n) is 5.41. The summed E-state index contributed by atoms with van der Waals surface area (Å²) < 4.78 is 0. The first-order valence-corrected chi connectivity index (χ1v) is 8.83. The smallest absolute Gasteiger partial charge is 0.271 e. The van der Waals surface area contributed by atoms with Gasteiger partial charge in [-0.05, 0) is 50.6 Å². The fraction of sp³-hybridized carbons (Fsp3) is 0.611. The van der Waals surface area contributed by atoms with Crippen LogP contribution in [-0.4, -0.2) is 34.9 Å². The highest BCUT2D eigenvalue weighted by atomic mass is 16.6. The van der Waals surface area contributed by atoms with Crippen molar-refractivity contribution in [2.75, 3.05) is 18.4 Å². The average Bonchev–Trinajstić information content (AvgIpc) is 2.57. The van der Waals surface area contributed by atoms with Crippen molar-refractivity contribution in [3.8, 4) is 0 Å². The third-order valence-corrected chi connectivity index (χ3v) is 5.41. The molecule has 1 saturated carbocycles. The minimum Gasteiger partial charge on any atom is -0.324 e. The molecule has 2 fully saturated rings. The van der Waals surface area contributed by atoms with Gasteiger partial charge in [-0.1, -0.05) is 18.9 Å². The zero-order valence-electron chi connectivity index (χ0n) is 14.2. The van der Waals surface area contributed by atoms with Crippen molar-refractivity contribution in [2.45, 2.75) is 51.5 Å².